The van der Waals surface area contributed by atoms with E-state index in [0.29, 0.717) is 29.8 Å². The van der Waals surface area contributed by atoms with Crippen molar-refractivity contribution in [3.8, 4) is 0 Å². The molecule has 1 fully saturated rings. The lowest BCUT2D eigenvalue weighted by molar-refractivity contribution is 0.0869. The van der Waals surface area contributed by atoms with Crippen LogP contribution in [0.5, 0.6) is 0 Å². The Morgan fingerprint density at radius 3 is 2.95 bits per heavy atom. The monoisotopic (exact) mass is 284 g/mol. The summed E-state index contributed by atoms with van der Waals surface area (Å²) in [5, 5.41) is 6.79. The van der Waals surface area contributed by atoms with Gasteiger partial charge in [-0.15, -0.1) is 0 Å². The van der Waals surface area contributed by atoms with Gasteiger partial charge < -0.3 is 21.1 Å². The van der Waals surface area contributed by atoms with Gasteiger partial charge in [0.25, 0.3) is 5.91 Å². The van der Waals surface area contributed by atoms with Gasteiger partial charge in [0.05, 0.1) is 12.7 Å². The predicted molar refractivity (Wildman–Crippen MR) is 76.6 cm³/mol. The van der Waals surface area contributed by atoms with Crippen LogP contribution >= 0.6 is 11.5 Å². The third-order valence-corrected chi connectivity index (χ3v) is 3.52. The first-order valence-corrected chi connectivity index (χ1v) is 7.26. The molecule has 6 nitrogen and oxygen atoms in total. The molecule has 0 unspecified atom stereocenters. The highest BCUT2D eigenvalue weighted by molar-refractivity contribution is 7.11. The molecule has 4 N–H and O–H groups in total. The summed E-state index contributed by atoms with van der Waals surface area (Å²) in [5.74, 6) is 0.149. The second-order valence-electron chi connectivity index (χ2n) is 4.87. The summed E-state index contributed by atoms with van der Waals surface area (Å²) in [5.41, 5.74) is 6.22. The zero-order chi connectivity index (χ0) is 13.8. The van der Waals surface area contributed by atoms with Crippen molar-refractivity contribution in [2.45, 2.75) is 38.8 Å². The molecule has 1 aliphatic rings. The first-order valence-electron chi connectivity index (χ1n) is 6.49. The first kappa shape index (κ1) is 14.1. The summed E-state index contributed by atoms with van der Waals surface area (Å²) in [6.07, 6.45) is 2.30. The SMILES string of the molecule is CC(C)OCCNc1snc(N)c1C(=O)NC1CC1. The Morgan fingerprint density at radius 2 is 2.32 bits per heavy atom. The molecule has 1 amide bonds. The number of aromatic nitrogens is 1. The van der Waals surface area contributed by atoms with Crippen LogP contribution in [0.2, 0.25) is 0 Å². The third-order valence-electron chi connectivity index (χ3n) is 2.70. The fraction of sp³-hybridized carbons (Fsp3) is 0.667. The molecule has 1 heterocycles. The molecule has 19 heavy (non-hydrogen) atoms. The van der Waals surface area contributed by atoms with Gasteiger partial charge in [0.1, 0.15) is 10.6 Å². The van der Waals surface area contributed by atoms with Crippen molar-refractivity contribution in [1.29, 1.82) is 0 Å². The fourth-order valence-electron chi connectivity index (χ4n) is 1.59. The molecule has 0 spiro atoms. The number of nitrogens with two attached hydrogens (primary N) is 1. The average molecular weight is 284 g/mol. The molecule has 0 saturated heterocycles. The quantitative estimate of drug-likeness (QED) is 0.660. The maximum Gasteiger partial charge on any atom is 0.258 e. The number of rotatable bonds is 7. The Kier molecular flexibility index (Phi) is 4.60. The van der Waals surface area contributed by atoms with E-state index in [1.165, 1.54) is 11.5 Å². The van der Waals surface area contributed by atoms with Crippen molar-refractivity contribution in [2.75, 3.05) is 24.2 Å². The Balaban J connectivity index is 1.90. The molecule has 1 aromatic rings. The largest absolute Gasteiger partial charge is 0.382 e. The van der Waals surface area contributed by atoms with Crippen molar-refractivity contribution in [3.63, 3.8) is 0 Å². The van der Waals surface area contributed by atoms with Crippen LogP contribution in [0, 0.1) is 0 Å². The van der Waals surface area contributed by atoms with E-state index in [9.17, 15) is 4.79 Å². The topological polar surface area (TPSA) is 89.3 Å². The van der Waals surface area contributed by atoms with E-state index in [0.717, 1.165) is 12.8 Å². The van der Waals surface area contributed by atoms with E-state index in [1.54, 1.807) is 0 Å². The molecule has 1 aromatic heterocycles. The summed E-state index contributed by atoms with van der Waals surface area (Å²) >= 11 is 1.21. The van der Waals surface area contributed by atoms with Crippen LogP contribution in [0.25, 0.3) is 0 Å². The number of nitrogen functional groups attached to an aromatic ring is 1. The lowest BCUT2D eigenvalue weighted by atomic mass is 10.3. The van der Waals surface area contributed by atoms with Gasteiger partial charge in [0.2, 0.25) is 0 Å². The van der Waals surface area contributed by atoms with E-state index < -0.39 is 0 Å². The van der Waals surface area contributed by atoms with Crippen molar-refractivity contribution in [2.24, 2.45) is 0 Å². The van der Waals surface area contributed by atoms with Crippen LogP contribution in [-0.4, -0.2) is 35.6 Å². The number of ether oxygens (including phenoxy) is 1. The zero-order valence-electron chi connectivity index (χ0n) is 11.2. The van der Waals surface area contributed by atoms with E-state index >= 15 is 0 Å². The van der Waals surface area contributed by atoms with E-state index in [1.807, 2.05) is 13.8 Å². The van der Waals surface area contributed by atoms with Crippen molar-refractivity contribution in [3.05, 3.63) is 5.56 Å². The Labute approximate surface area is 116 Å². The third kappa shape index (κ3) is 4.07. The molecule has 0 aromatic carbocycles. The number of carbonyl (C=O) groups is 1. The van der Waals surface area contributed by atoms with Gasteiger partial charge in [0, 0.05) is 12.6 Å². The summed E-state index contributed by atoms with van der Waals surface area (Å²) in [6.45, 7) is 5.18. The number of nitrogens with one attached hydrogen (secondary N) is 2. The second-order valence-corrected chi connectivity index (χ2v) is 5.64. The second kappa shape index (κ2) is 6.21. The predicted octanol–water partition coefficient (Wildman–Crippen LogP) is 1.45. The standard InChI is InChI=1S/C12H20N4O2S/c1-7(2)18-6-5-14-12-9(10(13)16-19-12)11(17)15-8-3-4-8/h7-8,14H,3-6H2,1-2H3,(H2,13,16)(H,15,17). The molecule has 1 saturated carbocycles. The Morgan fingerprint density at radius 1 is 1.58 bits per heavy atom. The average Bonchev–Trinajstić information content (AvgIpc) is 3.07. The van der Waals surface area contributed by atoms with E-state index in [-0.39, 0.29) is 17.8 Å². The normalized spacial score (nSPS) is 14.7. The summed E-state index contributed by atoms with van der Waals surface area (Å²) in [7, 11) is 0. The van der Waals surface area contributed by atoms with Crippen molar-refractivity contribution in [1.82, 2.24) is 9.69 Å². The van der Waals surface area contributed by atoms with Gasteiger partial charge >= 0.3 is 0 Å². The van der Waals surface area contributed by atoms with Crippen LogP contribution in [0.4, 0.5) is 10.8 Å². The van der Waals surface area contributed by atoms with E-state index in [2.05, 4.69) is 15.0 Å². The van der Waals surface area contributed by atoms with Crippen LogP contribution in [0.15, 0.2) is 0 Å². The van der Waals surface area contributed by atoms with Crippen LogP contribution in [0.1, 0.15) is 37.0 Å². The van der Waals surface area contributed by atoms with Crippen LogP contribution in [0.3, 0.4) is 0 Å². The van der Waals surface area contributed by atoms with Gasteiger partial charge in [-0.3, -0.25) is 4.79 Å². The maximum absolute atomic E-state index is 12.0. The maximum atomic E-state index is 12.0. The zero-order valence-corrected chi connectivity index (χ0v) is 12.0. The van der Waals surface area contributed by atoms with Gasteiger partial charge in [-0.05, 0) is 38.2 Å². The van der Waals surface area contributed by atoms with Crippen molar-refractivity contribution < 1.29 is 9.53 Å². The number of amides is 1. The molecule has 0 bridgehead atoms. The number of hydrogen-bond acceptors (Lipinski definition) is 6. The van der Waals surface area contributed by atoms with Crippen molar-refractivity contribution >= 4 is 28.3 Å². The lowest BCUT2D eigenvalue weighted by Gasteiger charge is -2.09. The van der Waals surface area contributed by atoms with Gasteiger partial charge in [-0.25, -0.2) is 0 Å². The first-order chi connectivity index (χ1) is 9.08. The molecule has 1 aliphatic carbocycles. The fourth-order valence-corrected chi connectivity index (χ4v) is 2.32. The van der Waals surface area contributed by atoms with Gasteiger partial charge in [-0.2, -0.15) is 4.37 Å². The highest BCUT2D eigenvalue weighted by atomic mass is 32.1. The molecular weight excluding hydrogens is 264 g/mol. The van der Waals surface area contributed by atoms with Crippen LogP contribution in [-0.2, 0) is 4.74 Å². The molecule has 0 atom stereocenters. The van der Waals surface area contributed by atoms with E-state index in [4.69, 9.17) is 10.5 Å². The molecule has 2 rings (SSSR count). The minimum absolute atomic E-state index is 0.138. The highest BCUT2D eigenvalue weighted by Crippen LogP contribution is 2.28. The molecule has 0 aliphatic heterocycles. The van der Waals surface area contributed by atoms with Gasteiger partial charge in [-0.1, -0.05) is 0 Å². The number of hydrogen-bond donors (Lipinski definition) is 3. The Bertz CT molecular complexity index is 443. The summed E-state index contributed by atoms with van der Waals surface area (Å²) in [6, 6.07) is 0.309. The lowest BCUT2D eigenvalue weighted by Crippen LogP contribution is -2.26. The Hall–Kier alpha value is -1.34. The minimum atomic E-state index is -0.138. The molecule has 0 radical (unpaired) electrons. The molecular formula is C12H20N4O2S. The van der Waals surface area contributed by atoms with Crippen LogP contribution < -0.4 is 16.4 Å². The summed E-state index contributed by atoms with van der Waals surface area (Å²) < 4.78 is 9.47. The van der Waals surface area contributed by atoms with Gasteiger partial charge in [0.15, 0.2) is 5.82 Å². The number of anilines is 2. The number of nitrogens with zero attached hydrogens (tertiary/aromatic N) is 1. The summed E-state index contributed by atoms with van der Waals surface area (Å²) in [4.78, 5) is 12.0. The highest BCUT2D eigenvalue weighted by Gasteiger charge is 2.27. The minimum Gasteiger partial charge on any atom is -0.382 e. The smallest absolute Gasteiger partial charge is 0.258 e. The molecule has 7 heteroatoms. The molecule has 106 valence electrons. The number of carbonyl (C=O) groups excluding carboxylic acids is 1.